The van der Waals surface area contributed by atoms with E-state index < -0.39 is 11.4 Å². The molecule has 1 aromatic rings. The van der Waals surface area contributed by atoms with Crippen LogP contribution in [0.5, 0.6) is 0 Å². The maximum atomic E-state index is 12.0. The highest BCUT2D eigenvalue weighted by molar-refractivity contribution is 5.82. The van der Waals surface area contributed by atoms with E-state index in [1.807, 2.05) is 31.2 Å². The van der Waals surface area contributed by atoms with Gasteiger partial charge in [0.2, 0.25) is 0 Å². The number of aryl methyl sites for hydroxylation is 1. The van der Waals surface area contributed by atoms with Crippen molar-refractivity contribution in [3.8, 4) is 0 Å². The van der Waals surface area contributed by atoms with Crippen LogP contribution in [0.25, 0.3) is 0 Å². The van der Waals surface area contributed by atoms with E-state index in [-0.39, 0.29) is 6.54 Å². The number of hydrogen-bond donors (Lipinski definition) is 2. The average molecular weight is 292 g/mol. The predicted octanol–water partition coefficient (Wildman–Crippen LogP) is 0.998. The normalized spacial score (nSPS) is 19.1. The number of carboxylic acids is 1. The van der Waals surface area contributed by atoms with Crippen molar-refractivity contribution in [2.75, 3.05) is 39.4 Å². The fraction of sp³-hybridized carbons (Fsp3) is 0.562. The van der Waals surface area contributed by atoms with Crippen molar-refractivity contribution in [1.29, 1.82) is 0 Å². The molecule has 0 aliphatic carbocycles. The number of morpholine rings is 1. The van der Waals surface area contributed by atoms with Crippen LogP contribution in [0.1, 0.15) is 17.5 Å². The molecule has 1 heterocycles. The third-order valence-corrected chi connectivity index (χ3v) is 4.38. The zero-order valence-corrected chi connectivity index (χ0v) is 12.5. The first-order chi connectivity index (χ1) is 10.1. The molecule has 1 fully saturated rings. The molecule has 2 rings (SSSR count). The van der Waals surface area contributed by atoms with Crippen LogP contribution < -0.4 is 5.73 Å². The van der Waals surface area contributed by atoms with E-state index in [1.54, 1.807) is 0 Å². The molecule has 1 aliphatic heterocycles. The average Bonchev–Trinajstić information content (AvgIpc) is 2.50. The highest BCUT2D eigenvalue weighted by atomic mass is 16.5. The molecular weight excluding hydrogens is 268 g/mol. The summed E-state index contributed by atoms with van der Waals surface area (Å²) < 4.78 is 5.33. The second kappa shape index (κ2) is 7.02. The Bertz CT molecular complexity index is 486. The van der Waals surface area contributed by atoms with E-state index in [0.29, 0.717) is 19.6 Å². The quantitative estimate of drug-likeness (QED) is 0.818. The first-order valence-electron chi connectivity index (χ1n) is 7.40. The number of benzene rings is 1. The topological polar surface area (TPSA) is 75.8 Å². The zero-order chi connectivity index (χ0) is 15.3. The van der Waals surface area contributed by atoms with Gasteiger partial charge in [-0.05, 0) is 31.0 Å². The Morgan fingerprint density at radius 3 is 2.62 bits per heavy atom. The monoisotopic (exact) mass is 292 g/mol. The number of hydrogen-bond acceptors (Lipinski definition) is 4. The molecule has 0 radical (unpaired) electrons. The van der Waals surface area contributed by atoms with Gasteiger partial charge >= 0.3 is 5.97 Å². The molecule has 5 heteroatoms. The van der Waals surface area contributed by atoms with Gasteiger partial charge in [-0.2, -0.15) is 0 Å². The van der Waals surface area contributed by atoms with Gasteiger partial charge in [-0.1, -0.05) is 24.3 Å². The second-order valence-electron chi connectivity index (χ2n) is 5.61. The molecule has 0 saturated carbocycles. The number of aliphatic carboxylic acids is 1. The minimum Gasteiger partial charge on any atom is -0.481 e. The van der Waals surface area contributed by atoms with E-state index in [9.17, 15) is 9.90 Å². The summed E-state index contributed by atoms with van der Waals surface area (Å²) in [5, 5.41) is 9.81. The van der Waals surface area contributed by atoms with Crippen molar-refractivity contribution < 1.29 is 14.6 Å². The van der Waals surface area contributed by atoms with Crippen LogP contribution in [-0.2, 0) is 14.9 Å². The maximum absolute atomic E-state index is 12.0. The predicted molar refractivity (Wildman–Crippen MR) is 81.4 cm³/mol. The molecule has 1 unspecified atom stereocenters. The van der Waals surface area contributed by atoms with Crippen LogP contribution in [0.3, 0.4) is 0 Å². The standard InChI is InChI=1S/C16H24N2O3/c1-13-4-2-3-5-14(13)16(12-17,15(19)20)6-7-18-8-10-21-11-9-18/h2-5H,6-12,17H2,1H3,(H,19,20). The van der Waals surface area contributed by atoms with E-state index in [0.717, 1.165) is 30.8 Å². The van der Waals surface area contributed by atoms with Gasteiger partial charge < -0.3 is 15.6 Å². The van der Waals surface area contributed by atoms with Gasteiger partial charge in [0.25, 0.3) is 0 Å². The van der Waals surface area contributed by atoms with Crippen LogP contribution in [0.2, 0.25) is 0 Å². The molecule has 21 heavy (non-hydrogen) atoms. The Morgan fingerprint density at radius 2 is 2.05 bits per heavy atom. The van der Waals surface area contributed by atoms with E-state index in [4.69, 9.17) is 10.5 Å². The van der Waals surface area contributed by atoms with E-state index in [1.165, 1.54) is 0 Å². The van der Waals surface area contributed by atoms with Crippen LogP contribution in [0, 0.1) is 6.92 Å². The van der Waals surface area contributed by atoms with Crippen molar-refractivity contribution in [2.24, 2.45) is 5.73 Å². The molecule has 3 N–H and O–H groups in total. The van der Waals surface area contributed by atoms with E-state index in [2.05, 4.69) is 4.90 Å². The minimum atomic E-state index is -1.01. The highest BCUT2D eigenvalue weighted by Gasteiger charge is 2.40. The molecule has 0 aromatic heterocycles. The van der Waals surface area contributed by atoms with Gasteiger partial charge in [-0.15, -0.1) is 0 Å². The number of nitrogens with zero attached hydrogens (tertiary/aromatic N) is 1. The SMILES string of the molecule is Cc1ccccc1C(CN)(CCN1CCOCC1)C(=O)O. The Labute approximate surface area is 125 Å². The van der Waals surface area contributed by atoms with Gasteiger partial charge in [0.15, 0.2) is 0 Å². The molecule has 1 atom stereocenters. The van der Waals surface area contributed by atoms with Gasteiger partial charge in [0, 0.05) is 19.6 Å². The summed E-state index contributed by atoms with van der Waals surface area (Å²) in [6.07, 6.45) is 0.518. The summed E-state index contributed by atoms with van der Waals surface area (Å²) in [6, 6.07) is 7.63. The van der Waals surface area contributed by atoms with Crippen LogP contribution in [0.15, 0.2) is 24.3 Å². The minimum absolute atomic E-state index is 0.109. The molecule has 0 spiro atoms. The van der Waals surface area contributed by atoms with E-state index >= 15 is 0 Å². The number of ether oxygens (including phenoxy) is 1. The van der Waals surface area contributed by atoms with Crippen molar-refractivity contribution in [2.45, 2.75) is 18.8 Å². The second-order valence-corrected chi connectivity index (χ2v) is 5.61. The summed E-state index contributed by atoms with van der Waals surface area (Å²) in [5.74, 6) is -0.840. The van der Waals surface area contributed by atoms with Gasteiger partial charge in [-0.3, -0.25) is 9.69 Å². The third kappa shape index (κ3) is 3.43. The summed E-state index contributed by atoms with van der Waals surface area (Å²) >= 11 is 0. The lowest BCUT2D eigenvalue weighted by Gasteiger charge is -2.34. The van der Waals surface area contributed by atoms with Crippen LogP contribution in [0.4, 0.5) is 0 Å². The third-order valence-electron chi connectivity index (χ3n) is 4.38. The van der Waals surface area contributed by atoms with Crippen LogP contribution >= 0.6 is 0 Å². The Morgan fingerprint density at radius 1 is 1.38 bits per heavy atom. The number of nitrogens with two attached hydrogens (primary N) is 1. The number of rotatable bonds is 6. The van der Waals surface area contributed by atoms with Crippen LogP contribution in [-0.4, -0.2) is 55.4 Å². The number of carboxylic acid groups (broad SMARTS) is 1. The largest absolute Gasteiger partial charge is 0.481 e. The molecule has 1 aliphatic rings. The fourth-order valence-corrected chi connectivity index (χ4v) is 2.94. The molecular formula is C16H24N2O3. The Balaban J connectivity index is 2.20. The van der Waals surface area contributed by atoms with Crippen molar-refractivity contribution in [3.05, 3.63) is 35.4 Å². The van der Waals surface area contributed by atoms with Gasteiger partial charge in [0.1, 0.15) is 5.41 Å². The first kappa shape index (κ1) is 15.9. The summed E-state index contributed by atoms with van der Waals surface area (Å²) in [7, 11) is 0. The van der Waals surface area contributed by atoms with Crippen molar-refractivity contribution in [1.82, 2.24) is 4.90 Å². The zero-order valence-electron chi connectivity index (χ0n) is 12.5. The van der Waals surface area contributed by atoms with Crippen molar-refractivity contribution >= 4 is 5.97 Å². The lowest BCUT2D eigenvalue weighted by atomic mass is 9.75. The maximum Gasteiger partial charge on any atom is 0.315 e. The Hall–Kier alpha value is -1.43. The number of carbonyl (C=O) groups is 1. The van der Waals surface area contributed by atoms with Gasteiger partial charge in [0.05, 0.1) is 13.2 Å². The highest BCUT2D eigenvalue weighted by Crippen LogP contribution is 2.30. The van der Waals surface area contributed by atoms with Crippen molar-refractivity contribution in [3.63, 3.8) is 0 Å². The molecule has 116 valence electrons. The fourth-order valence-electron chi connectivity index (χ4n) is 2.94. The molecule has 0 amide bonds. The molecule has 0 bridgehead atoms. The first-order valence-corrected chi connectivity index (χ1v) is 7.40. The lowest BCUT2D eigenvalue weighted by Crippen LogP contribution is -2.47. The smallest absolute Gasteiger partial charge is 0.315 e. The lowest BCUT2D eigenvalue weighted by molar-refractivity contribution is -0.144. The molecule has 5 nitrogen and oxygen atoms in total. The summed E-state index contributed by atoms with van der Waals surface area (Å²) in [4.78, 5) is 14.2. The summed E-state index contributed by atoms with van der Waals surface area (Å²) in [6.45, 7) is 5.92. The Kier molecular flexibility index (Phi) is 5.33. The summed E-state index contributed by atoms with van der Waals surface area (Å²) in [5.41, 5.74) is 6.70. The van der Waals surface area contributed by atoms with Gasteiger partial charge in [-0.25, -0.2) is 0 Å². The molecule has 1 saturated heterocycles. The molecule has 1 aromatic carbocycles.